The Morgan fingerprint density at radius 3 is 2.29 bits per heavy atom. The van der Waals surface area contributed by atoms with Gasteiger partial charge in [0.05, 0.1) is 12.1 Å². The van der Waals surface area contributed by atoms with Crippen LogP contribution in [0.3, 0.4) is 0 Å². The van der Waals surface area contributed by atoms with Gasteiger partial charge in [-0.15, -0.1) is 0 Å². The average Bonchev–Trinajstić information content (AvgIpc) is 3.73. The van der Waals surface area contributed by atoms with Crippen LogP contribution in [0.1, 0.15) is 47.7 Å². The topological polar surface area (TPSA) is 89.6 Å². The molecule has 3 amide bonds. The van der Waals surface area contributed by atoms with E-state index in [0.29, 0.717) is 30.9 Å². The van der Waals surface area contributed by atoms with Crippen molar-refractivity contribution in [2.45, 2.75) is 44.8 Å². The molecule has 210 valence electrons. The molecule has 2 aliphatic heterocycles. The third-order valence-corrected chi connectivity index (χ3v) is 8.40. The van der Waals surface area contributed by atoms with E-state index in [0.717, 1.165) is 28.5 Å². The third-order valence-electron chi connectivity index (χ3n) is 8.40. The number of H-pyrrole nitrogens is 1. The van der Waals surface area contributed by atoms with Crippen molar-refractivity contribution in [3.05, 3.63) is 90.4 Å². The van der Waals surface area contributed by atoms with Crippen LogP contribution in [-0.2, 0) is 4.79 Å². The number of rotatable bonds is 7. The van der Waals surface area contributed by atoms with E-state index < -0.39 is 6.04 Å². The lowest BCUT2D eigenvalue weighted by atomic mass is 10.0. The minimum absolute atomic E-state index is 0.0457. The Kier molecular flexibility index (Phi) is 7.07. The normalized spacial score (nSPS) is 18.7. The molecule has 0 aliphatic carbocycles. The molecule has 2 saturated heterocycles. The number of para-hydroxylation sites is 1. The molecule has 8 heteroatoms. The number of fused-ring (bicyclic) bond motifs is 3. The minimum atomic E-state index is -0.579. The number of aromatic amines is 1. The molecule has 2 fully saturated rings. The van der Waals surface area contributed by atoms with Crippen LogP contribution in [0.25, 0.3) is 22.0 Å². The quantitative estimate of drug-likeness (QED) is 0.357. The Morgan fingerprint density at radius 1 is 0.927 bits per heavy atom. The van der Waals surface area contributed by atoms with Gasteiger partial charge in [0.1, 0.15) is 17.4 Å². The van der Waals surface area contributed by atoms with Crippen LogP contribution in [0.15, 0.2) is 79.0 Å². The van der Waals surface area contributed by atoms with Crippen molar-refractivity contribution in [2.75, 3.05) is 20.1 Å². The second kappa shape index (κ2) is 10.8. The summed E-state index contributed by atoms with van der Waals surface area (Å²) in [5.74, 6) is -0.124. The van der Waals surface area contributed by atoms with E-state index in [1.807, 2.05) is 76.5 Å². The number of aromatic nitrogens is 2. The van der Waals surface area contributed by atoms with Gasteiger partial charge in [-0.1, -0.05) is 68.4 Å². The number of carbonyl (C=O) groups excluding carboxylic acids is 3. The summed E-state index contributed by atoms with van der Waals surface area (Å²) in [4.78, 5) is 53.8. The van der Waals surface area contributed by atoms with Crippen molar-refractivity contribution in [2.24, 2.45) is 5.92 Å². The maximum atomic E-state index is 13.9. The van der Waals surface area contributed by atoms with E-state index in [4.69, 9.17) is 0 Å². The number of benzene rings is 2. The van der Waals surface area contributed by atoms with Crippen molar-refractivity contribution in [3.8, 4) is 11.1 Å². The summed E-state index contributed by atoms with van der Waals surface area (Å²) in [7, 11) is 1.72. The standard InChI is InChI=1S/C33H35N5O3/c1-21(2)15-30(36(3)31(39)29-16-23-11-7-8-12-27(23)35-29)33(41)38-20-25-17-26(38)19-37(25)32(40)28-14-13-24(18-34-28)22-9-5-4-6-10-22/h4-14,16,18,21,25-26,30,35H,15,17,19-20H2,1-3H3/t25-,26-,30-/m0/s1. The van der Waals surface area contributed by atoms with Crippen LogP contribution >= 0.6 is 0 Å². The molecule has 3 atom stereocenters. The lowest BCUT2D eigenvalue weighted by molar-refractivity contribution is -0.138. The Morgan fingerprint density at radius 2 is 1.63 bits per heavy atom. The van der Waals surface area contributed by atoms with Crippen LogP contribution < -0.4 is 0 Å². The van der Waals surface area contributed by atoms with E-state index in [1.165, 1.54) is 0 Å². The summed E-state index contributed by atoms with van der Waals surface area (Å²) < 4.78 is 0. The summed E-state index contributed by atoms with van der Waals surface area (Å²) in [5.41, 5.74) is 3.79. The smallest absolute Gasteiger partial charge is 0.272 e. The first-order valence-electron chi connectivity index (χ1n) is 14.3. The number of nitrogens with one attached hydrogen (secondary N) is 1. The average molecular weight is 550 g/mol. The molecule has 2 aliphatic rings. The molecule has 6 rings (SSSR count). The Hall–Kier alpha value is -4.46. The number of carbonyl (C=O) groups is 3. The molecule has 0 spiro atoms. The van der Waals surface area contributed by atoms with E-state index >= 15 is 0 Å². The zero-order valence-corrected chi connectivity index (χ0v) is 23.7. The number of nitrogens with zero attached hydrogens (tertiary/aromatic N) is 4. The lowest BCUT2D eigenvalue weighted by Crippen LogP contribution is -2.56. The molecule has 41 heavy (non-hydrogen) atoms. The molecule has 2 aromatic carbocycles. The van der Waals surface area contributed by atoms with E-state index in [2.05, 4.69) is 23.8 Å². The first kappa shape index (κ1) is 26.7. The van der Waals surface area contributed by atoms with Crippen LogP contribution in [0.4, 0.5) is 0 Å². The number of hydrogen-bond acceptors (Lipinski definition) is 4. The third kappa shape index (κ3) is 5.10. The van der Waals surface area contributed by atoms with Crippen LogP contribution in [0, 0.1) is 5.92 Å². The summed E-state index contributed by atoms with van der Waals surface area (Å²) >= 11 is 0. The van der Waals surface area contributed by atoms with Crippen LogP contribution in [0.5, 0.6) is 0 Å². The molecule has 2 bridgehead atoms. The van der Waals surface area contributed by atoms with Crippen molar-refractivity contribution < 1.29 is 14.4 Å². The number of likely N-dealkylation sites (N-methyl/N-ethyl adjacent to an activating group) is 1. The second-order valence-corrected chi connectivity index (χ2v) is 11.6. The number of hydrogen-bond donors (Lipinski definition) is 1. The maximum absolute atomic E-state index is 13.9. The first-order valence-corrected chi connectivity index (χ1v) is 14.3. The fourth-order valence-corrected chi connectivity index (χ4v) is 6.24. The Balaban J connectivity index is 1.14. The monoisotopic (exact) mass is 549 g/mol. The van der Waals surface area contributed by atoms with Gasteiger partial charge in [0.25, 0.3) is 11.8 Å². The molecule has 0 saturated carbocycles. The van der Waals surface area contributed by atoms with E-state index in [1.54, 1.807) is 24.2 Å². The highest BCUT2D eigenvalue weighted by atomic mass is 16.2. The molecule has 0 unspecified atom stereocenters. The molecule has 8 nitrogen and oxygen atoms in total. The number of pyridine rings is 1. The van der Waals surface area contributed by atoms with Crippen LogP contribution in [-0.4, -0.2) is 80.7 Å². The van der Waals surface area contributed by atoms with E-state index in [9.17, 15) is 14.4 Å². The van der Waals surface area contributed by atoms with Gasteiger partial charge in [-0.3, -0.25) is 19.4 Å². The number of likely N-dealkylation sites (tertiary alicyclic amines) is 2. The second-order valence-electron chi connectivity index (χ2n) is 11.6. The molecule has 2 aromatic heterocycles. The highest BCUT2D eigenvalue weighted by Crippen LogP contribution is 2.33. The van der Waals surface area contributed by atoms with Gasteiger partial charge in [0.15, 0.2) is 0 Å². The molecular formula is C33H35N5O3. The molecule has 4 heterocycles. The summed E-state index contributed by atoms with van der Waals surface area (Å²) in [6, 6.07) is 22.6. The van der Waals surface area contributed by atoms with Crippen molar-refractivity contribution in [1.82, 2.24) is 24.7 Å². The van der Waals surface area contributed by atoms with Crippen molar-refractivity contribution >= 4 is 28.6 Å². The van der Waals surface area contributed by atoms with Gasteiger partial charge in [-0.25, -0.2) is 0 Å². The van der Waals surface area contributed by atoms with Gasteiger partial charge < -0.3 is 19.7 Å². The minimum Gasteiger partial charge on any atom is -0.351 e. The van der Waals surface area contributed by atoms with Gasteiger partial charge in [-0.05, 0) is 42.5 Å². The first-order chi connectivity index (χ1) is 19.8. The SMILES string of the molecule is CC(C)C[C@@H](C(=O)N1C[C@@H]2C[C@H]1CN2C(=O)c1ccc(-c2ccccc2)cn1)N(C)C(=O)c1cc2ccccc2[nH]1. The summed E-state index contributed by atoms with van der Waals surface area (Å²) in [6.07, 6.45) is 3.05. The molecular weight excluding hydrogens is 514 g/mol. The highest BCUT2D eigenvalue weighted by Gasteiger charge is 2.49. The van der Waals surface area contributed by atoms with Crippen molar-refractivity contribution in [3.63, 3.8) is 0 Å². The predicted octanol–water partition coefficient (Wildman–Crippen LogP) is 4.84. The Labute approximate surface area is 240 Å². The zero-order valence-electron chi connectivity index (χ0n) is 23.7. The molecule has 4 aromatic rings. The van der Waals surface area contributed by atoms with E-state index in [-0.39, 0.29) is 35.7 Å². The van der Waals surface area contributed by atoms with Gasteiger partial charge >= 0.3 is 0 Å². The molecule has 1 N–H and O–H groups in total. The predicted molar refractivity (Wildman–Crippen MR) is 158 cm³/mol. The largest absolute Gasteiger partial charge is 0.351 e. The Bertz CT molecular complexity index is 1550. The van der Waals surface area contributed by atoms with Gasteiger partial charge in [0.2, 0.25) is 5.91 Å². The van der Waals surface area contributed by atoms with Crippen molar-refractivity contribution in [1.29, 1.82) is 0 Å². The summed E-state index contributed by atoms with van der Waals surface area (Å²) in [5, 5.41) is 0.960. The fraction of sp³-hybridized carbons (Fsp3) is 0.333. The number of amides is 3. The fourth-order valence-electron chi connectivity index (χ4n) is 6.24. The van der Waals surface area contributed by atoms with Gasteiger partial charge in [0, 0.05) is 42.8 Å². The summed E-state index contributed by atoms with van der Waals surface area (Å²) in [6.45, 7) is 5.08. The zero-order chi connectivity index (χ0) is 28.7. The maximum Gasteiger partial charge on any atom is 0.272 e. The number of piperazine rings is 1. The highest BCUT2D eigenvalue weighted by molar-refractivity contribution is 6.00. The van der Waals surface area contributed by atoms with Gasteiger partial charge in [-0.2, -0.15) is 0 Å². The molecule has 0 radical (unpaired) electrons. The lowest BCUT2D eigenvalue weighted by Gasteiger charge is -2.38. The van der Waals surface area contributed by atoms with Crippen LogP contribution in [0.2, 0.25) is 0 Å².